The Hall–Kier alpha value is -2.90. The molecule has 2 N–H and O–H groups in total. The molecule has 3 aromatic rings. The summed E-state index contributed by atoms with van der Waals surface area (Å²) in [6.45, 7) is 1.90. The van der Waals surface area contributed by atoms with E-state index in [0.717, 1.165) is 16.3 Å². The number of aryl methyl sites for hydroxylation is 1. The number of hydrogen-bond donors (Lipinski definition) is 2. The van der Waals surface area contributed by atoms with Crippen LogP contribution in [0.4, 0.5) is 5.69 Å². The van der Waals surface area contributed by atoms with Crippen molar-refractivity contribution in [3.8, 4) is 5.75 Å². The number of sulfonamides is 1. The van der Waals surface area contributed by atoms with E-state index in [2.05, 4.69) is 10.0 Å². The van der Waals surface area contributed by atoms with Crippen molar-refractivity contribution in [3.63, 3.8) is 0 Å². The monoisotopic (exact) mass is 398 g/mol. The summed E-state index contributed by atoms with van der Waals surface area (Å²) in [5.74, 6) is 0.251. The summed E-state index contributed by atoms with van der Waals surface area (Å²) in [7, 11) is -2.17. The molecule has 0 saturated heterocycles. The van der Waals surface area contributed by atoms with Crippen molar-refractivity contribution in [1.82, 2.24) is 4.72 Å². The molecule has 28 heavy (non-hydrogen) atoms. The van der Waals surface area contributed by atoms with Crippen LogP contribution in [0.2, 0.25) is 0 Å². The molecule has 0 saturated carbocycles. The van der Waals surface area contributed by atoms with Gasteiger partial charge >= 0.3 is 0 Å². The molecular formula is C21H22N2O4S. The quantitative estimate of drug-likeness (QED) is 0.638. The first-order chi connectivity index (χ1) is 13.4. The lowest BCUT2D eigenvalue weighted by atomic mass is 10.1. The van der Waals surface area contributed by atoms with Gasteiger partial charge in [-0.25, -0.2) is 13.1 Å². The number of carbonyl (C=O) groups is 1. The zero-order valence-electron chi connectivity index (χ0n) is 15.7. The minimum absolute atomic E-state index is 0.00388. The van der Waals surface area contributed by atoms with Crippen LogP contribution in [0, 0.1) is 6.92 Å². The highest BCUT2D eigenvalue weighted by Gasteiger charge is 2.15. The highest BCUT2D eigenvalue weighted by Crippen LogP contribution is 2.25. The van der Waals surface area contributed by atoms with Crippen molar-refractivity contribution < 1.29 is 17.9 Å². The molecular weight excluding hydrogens is 376 g/mol. The first-order valence-corrected chi connectivity index (χ1v) is 10.3. The van der Waals surface area contributed by atoms with E-state index < -0.39 is 10.0 Å². The number of benzene rings is 3. The molecule has 146 valence electrons. The van der Waals surface area contributed by atoms with Crippen molar-refractivity contribution in [2.75, 3.05) is 19.0 Å². The van der Waals surface area contributed by atoms with E-state index in [1.54, 1.807) is 30.3 Å². The molecule has 0 atom stereocenters. The number of amides is 1. The Balaban J connectivity index is 1.61. The topological polar surface area (TPSA) is 84.5 Å². The summed E-state index contributed by atoms with van der Waals surface area (Å²) >= 11 is 0. The van der Waals surface area contributed by atoms with Gasteiger partial charge in [-0.3, -0.25) is 4.79 Å². The maximum absolute atomic E-state index is 12.5. The molecule has 0 bridgehead atoms. The molecule has 0 aliphatic heterocycles. The van der Waals surface area contributed by atoms with Gasteiger partial charge in [0.05, 0.1) is 17.7 Å². The number of carbonyl (C=O) groups excluding carboxylic acids is 1. The maximum atomic E-state index is 12.5. The summed E-state index contributed by atoms with van der Waals surface area (Å²) in [6, 6.07) is 17.9. The maximum Gasteiger partial charge on any atom is 0.240 e. The van der Waals surface area contributed by atoms with Crippen LogP contribution < -0.4 is 14.8 Å². The fourth-order valence-corrected chi connectivity index (χ4v) is 3.92. The van der Waals surface area contributed by atoms with Gasteiger partial charge in [-0.2, -0.15) is 0 Å². The minimum atomic E-state index is -3.69. The fraction of sp³-hybridized carbons (Fsp3) is 0.190. The average Bonchev–Trinajstić information content (AvgIpc) is 2.67. The summed E-state index contributed by atoms with van der Waals surface area (Å²) in [5.41, 5.74) is 1.54. The van der Waals surface area contributed by atoms with E-state index in [1.807, 2.05) is 37.3 Å². The van der Waals surface area contributed by atoms with Gasteiger partial charge in [0.1, 0.15) is 5.75 Å². The number of fused-ring (bicyclic) bond motifs is 1. The van der Waals surface area contributed by atoms with Crippen LogP contribution in [0.3, 0.4) is 0 Å². The molecule has 0 aromatic heterocycles. The largest absolute Gasteiger partial charge is 0.495 e. The molecule has 3 rings (SSSR count). The van der Waals surface area contributed by atoms with E-state index >= 15 is 0 Å². The standard InChI is InChI=1S/C21H22N2O4S/c1-15-7-10-20(27-2)19(13-15)23-21(24)11-12-22-28(25,26)18-9-8-16-5-3-4-6-17(16)14-18/h3-10,13-14,22H,11-12H2,1-2H3,(H,23,24). The number of rotatable bonds is 7. The molecule has 0 spiro atoms. The van der Waals surface area contributed by atoms with E-state index in [4.69, 9.17) is 4.74 Å². The molecule has 7 heteroatoms. The molecule has 0 aliphatic rings. The van der Waals surface area contributed by atoms with Gasteiger partial charge in [0, 0.05) is 13.0 Å². The first-order valence-electron chi connectivity index (χ1n) is 8.82. The summed E-state index contributed by atoms with van der Waals surface area (Å²) in [4.78, 5) is 12.4. The minimum Gasteiger partial charge on any atom is -0.495 e. The molecule has 6 nitrogen and oxygen atoms in total. The van der Waals surface area contributed by atoms with Crippen LogP contribution in [0.25, 0.3) is 10.8 Å². The van der Waals surface area contributed by atoms with Crippen LogP contribution in [0.1, 0.15) is 12.0 Å². The average molecular weight is 398 g/mol. The van der Waals surface area contributed by atoms with Crippen molar-refractivity contribution >= 4 is 32.4 Å². The summed E-state index contributed by atoms with van der Waals surface area (Å²) < 4.78 is 32.7. The van der Waals surface area contributed by atoms with Gasteiger partial charge in [0.25, 0.3) is 0 Å². The Labute approximate surface area is 164 Å². The lowest BCUT2D eigenvalue weighted by Crippen LogP contribution is -2.28. The Bertz CT molecular complexity index is 1110. The van der Waals surface area contributed by atoms with Crippen LogP contribution in [0.15, 0.2) is 65.6 Å². The Morgan fingerprint density at radius 3 is 2.50 bits per heavy atom. The Morgan fingerprint density at radius 1 is 1.00 bits per heavy atom. The lowest BCUT2D eigenvalue weighted by Gasteiger charge is -2.11. The third kappa shape index (κ3) is 4.68. The van der Waals surface area contributed by atoms with E-state index in [-0.39, 0.29) is 23.8 Å². The van der Waals surface area contributed by atoms with Gasteiger partial charge in [-0.15, -0.1) is 0 Å². The van der Waals surface area contributed by atoms with Crippen LogP contribution in [-0.4, -0.2) is 28.0 Å². The first kappa shape index (κ1) is 19.9. The zero-order chi connectivity index (χ0) is 20.1. The SMILES string of the molecule is COc1ccc(C)cc1NC(=O)CCNS(=O)(=O)c1ccc2ccccc2c1. The molecule has 3 aromatic carbocycles. The molecule has 0 aliphatic carbocycles. The number of methoxy groups -OCH3 is 1. The highest BCUT2D eigenvalue weighted by molar-refractivity contribution is 7.89. The zero-order valence-corrected chi connectivity index (χ0v) is 16.5. The third-order valence-corrected chi connectivity index (χ3v) is 5.76. The van der Waals surface area contributed by atoms with Gasteiger partial charge in [-0.05, 0) is 47.5 Å². The van der Waals surface area contributed by atoms with Gasteiger partial charge in [-0.1, -0.05) is 36.4 Å². The van der Waals surface area contributed by atoms with Crippen molar-refractivity contribution in [3.05, 3.63) is 66.2 Å². The fourth-order valence-electron chi connectivity index (χ4n) is 2.85. The van der Waals surface area contributed by atoms with E-state index in [9.17, 15) is 13.2 Å². The normalized spacial score (nSPS) is 11.4. The van der Waals surface area contributed by atoms with Gasteiger partial charge < -0.3 is 10.1 Å². The number of ether oxygens (including phenoxy) is 1. The van der Waals surface area contributed by atoms with Crippen LogP contribution >= 0.6 is 0 Å². The number of hydrogen-bond acceptors (Lipinski definition) is 4. The smallest absolute Gasteiger partial charge is 0.240 e. The Kier molecular flexibility index (Phi) is 5.96. The van der Waals surface area contributed by atoms with Crippen LogP contribution in [0.5, 0.6) is 5.75 Å². The second kappa shape index (κ2) is 8.41. The van der Waals surface area contributed by atoms with Crippen molar-refractivity contribution in [2.24, 2.45) is 0 Å². The highest BCUT2D eigenvalue weighted by atomic mass is 32.2. The van der Waals surface area contributed by atoms with Gasteiger partial charge in [0.2, 0.25) is 15.9 Å². The molecule has 0 heterocycles. The molecule has 0 radical (unpaired) electrons. The van der Waals surface area contributed by atoms with Crippen molar-refractivity contribution in [2.45, 2.75) is 18.2 Å². The van der Waals surface area contributed by atoms with E-state index in [1.165, 1.54) is 7.11 Å². The number of anilines is 1. The second-order valence-electron chi connectivity index (χ2n) is 6.41. The van der Waals surface area contributed by atoms with E-state index in [0.29, 0.717) is 11.4 Å². The molecule has 0 unspecified atom stereocenters. The second-order valence-corrected chi connectivity index (χ2v) is 8.18. The summed E-state index contributed by atoms with van der Waals surface area (Å²) in [5, 5.41) is 4.56. The summed E-state index contributed by atoms with van der Waals surface area (Å²) in [6.07, 6.45) is 0.00388. The Morgan fingerprint density at radius 2 is 1.75 bits per heavy atom. The molecule has 0 fully saturated rings. The van der Waals surface area contributed by atoms with Crippen LogP contribution in [-0.2, 0) is 14.8 Å². The lowest BCUT2D eigenvalue weighted by molar-refractivity contribution is -0.116. The number of nitrogens with one attached hydrogen (secondary N) is 2. The molecule has 1 amide bonds. The predicted octanol–water partition coefficient (Wildman–Crippen LogP) is 3.46. The van der Waals surface area contributed by atoms with Crippen molar-refractivity contribution in [1.29, 1.82) is 0 Å². The predicted molar refractivity (Wildman–Crippen MR) is 110 cm³/mol. The van der Waals surface area contributed by atoms with Gasteiger partial charge in [0.15, 0.2) is 0 Å². The third-order valence-electron chi connectivity index (χ3n) is 4.30.